The summed E-state index contributed by atoms with van der Waals surface area (Å²) in [7, 11) is 0. The van der Waals surface area contributed by atoms with E-state index in [0.29, 0.717) is 33.2 Å². The quantitative estimate of drug-likeness (QED) is 0.304. The number of thioether (sulfide) groups is 1. The fourth-order valence-electron chi connectivity index (χ4n) is 2.77. The van der Waals surface area contributed by atoms with Crippen molar-refractivity contribution in [2.24, 2.45) is 0 Å². The molecule has 6 nitrogen and oxygen atoms in total. The van der Waals surface area contributed by atoms with E-state index in [-0.39, 0.29) is 12.2 Å². The molecule has 148 valence electrons. The first-order chi connectivity index (χ1) is 14.0. The van der Waals surface area contributed by atoms with Crippen molar-refractivity contribution in [2.75, 3.05) is 0 Å². The molecule has 4 rings (SSSR count). The number of ether oxygens (including phenoxy) is 1. The minimum absolute atomic E-state index is 0.158. The Balaban J connectivity index is 1.45. The SMILES string of the molecule is Cc1cc2oc(=O)cc(CSc3nnc(COc4ccc(Cl)cc4)o3)c2cc1C. The Morgan fingerprint density at radius 1 is 1.03 bits per heavy atom. The van der Waals surface area contributed by atoms with Crippen molar-refractivity contribution in [2.45, 2.75) is 31.4 Å². The van der Waals surface area contributed by atoms with Crippen molar-refractivity contribution in [3.63, 3.8) is 0 Å². The van der Waals surface area contributed by atoms with Crippen molar-refractivity contribution in [3.05, 3.63) is 80.5 Å². The van der Waals surface area contributed by atoms with Crippen LogP contribution in [0.2, 0.25) is 5.02 Å². The molecule has 2 aromatic heterocycles. The molecule has 0 spiro atoms. The van der Waals surface area contributed by atoms with Gasteiger partial charge in [0.15, 0.2) is 6.61 Å². The lowest BCUT2D eigenvalue weighted by molar-refractivity contribution is 0.252. The zero-order valence-corrected chi connectivity index (χ0v) is 17.3. The highest BCUT2D eigenvalue weighted by Gasteiger charge is 2.12. The van der Waals surface area contributed by atoms with Crippen LogP contribution in [0.15, 0.2) is 61.3 Å². The van der Waals surface area contributed by atoms with Gasteiger partial charge in [0.05, 0.1) is 0 Å². The zero-order valence-electron chi connectivity index (χ0n) is 15.8. The number of fused-ring (bicyclic) bond motifs is 1. The maximum atomic E-state index is 11.9. The molecule has 2 aromatic carbocycles. The van der Waals surface area contributed by atoms with Crippen LogP contribution in [-0.2, 0) is 12.4 Å². The topological polar surface area (TPSA) is 78.4 Å². The molecular formula is C21H17ClN2O4S. The van der Waals surface area contributed by atoms with E-state index in [2.05, 4.69) is 10.2 Å². The van der Waals surface area contributed by atoms with Crippen molar-refractivity contribution in [1.29, 1.82) is 0 Å². The Hall–Kier alpha value is -2.77. The summed E-state index contributed by atoms with van der Waals surface area (Å²) < 4.78 is 16.6. The minimum atomic E-state index is -0.376. The third-order valence-electron chi connectivity index (χ3n) is 4.42. The van der Waals surface area contributed by atoms with Crippen LogP contribution < -0.4 is 10.4 Å². The predicted molar refractivity (Wildman–Crippen MR) is 112 cm³/mol. The number of benzene rings is 2. The monoisotopic (exact) mass is 428 g/mol. The predicted octanol–water partition coefficient (Wildman–Crippen LogP) is 5.32. The van der Waals surface area contributed by atoms with E-state index in [1.807, 2.05) is 26.0 Å². The number of nitrogens with zero attached hydrogens (tertiary/aromatic N) is 2. The van der Waals surface area contributed by atoms with E-state index in [4.69, 9.17) is 25.2 Å². The van der Waals surface area contributed by atoms with Crippen LogP contribution in [0.3, 0.4) is 0 Å². The average Bonchev–Trinajstić information content (AvgIpc) is 3.15. The molecular weight excluding hydrogens is 412 g/mol. The molecule has 0 radical (unpaired) electrons. The summed E-state index contributed by atoms with van der Waals surface area (Å²) in [5.41, 5.74) is 3.28. The van der Waals surface area contributed by atoms with Crippen molar-refractivity contribution in [3.8, 4) is 5.75 Å². The van der Waals surface area contributed by atoms with Crippen molar-refractivity contribution in [1.82, 2.24) is 10.2 Å². The fourth-order valence-corrected chi connectivity index (χ4v) is 3.67. The second kappa shape index (κ2) is 8.31. The van der Waals surface area contributed by atoms with E-state index in [0.717, 1.165) is 22.1 Å². The number of hydrogen-bond acceptors (Lipinski definition) is 7. The summed E-state index contributed by atoms with van der Waals surface area (Å²) in [4.78, 5) is 11.9. The summed E-state index contributed by atoms with van der Waals surface area (Å²) in [6, 6.07) is 12.5. The first-order valence-electron chi connectivity index (χ1n) is 8.85. The lowest BCUT2D eigenvalue weighted by Gasteiger charge is -2.07. The first kappa shape index (κ1) is 19.5. The third kappa shape index (κ3) is 4.63. The molecule has 29 heavy (non-hydrogen) atoms. The number of hydrogen-bond donors (Lipinski definition) is 0. The van der Waals surface area contributed by atoms with E-state index >= 15 is 0 Å². The molecule has 0 aliphatic carbocycles. The van der Waals surface area contributed by atoms with Crippen LogP contribution in [0.4, 0.5) is 0 Å². The molecule has 0 aliphatic rings. The van der Waals surface area contributed by atoms with Gasteiger partial charge in [0.1, 0.15) is 11.3 Å². The fraction of sp³-hybridized carbons (Fsp3) is 0.190. The maximum Gasteiger partial charge on any atom is 0.336 e. The molecule has 4 aromatic rings. The molecule has 2 heterocycles. The van der Waals surface area contributed by atoms with Crippen LogP contribution in [0, 0.1) is 13.8 Å². The summed E-state index contributed by atoms with van der Waals surface area (Å²) in [5, 5.41) is 9.99. The van der Waals surface area contributed by atoms with Gasteiger partial charge in [0.25, 0.3) is 11.1 Å². The van der Waals surface area contributed by atoms with E-state index in [1.165, 1.54) is 17.8 Å². The van der Waals surface area contributed by atoms with Crippen LogP contribution in [-0.4, -0.2) is 10.2 Å². The number of aromatic nitrogens is 2. The highest BCUT2D eigenvalue weighted by atomic mass is 35.5. The van der Waals surface area contributed by atoms with Gasteiger partial charge in [-0.15, -0.1) is 10.2 Å². The third-order valence-corrected chi connectivity index (χ3v) is 5.54. The maximum absolute atomic E-state index is 11.9. The largest absolute Gasteiger partial charge is 0.484 e. The van der Waals surface area contributed by atoms with Crippen LogP contribution in [0.25, 0.3) is 11.0 Å². The number of aryl methyl sites for hydroxylation is 2. The molecule has 0 saturated heterocycles. The van der Waals surface area contributed by atoms with Gasteiger partial charge in [-0.3, -0.25) is 0 Å². The normalized spacial score (nSPS) is 11.1. The number of halogens is 1. The van der Waals surface area contributed by atoms with Crippen molar-refractivity contribution >= 4 is 34.3 Å². The smallest absolute Gasteiger partial charge is 0.336 e. The van der Waals surface area contributed by atoms with Gasteiger partial charge >= 0.3 is 5.63 Å². The molecule has 0 amide bonds. The van der Waals surface area contributed by atoms with Gasteiger partial charge in [0, 0.05) is 22.2 Å². The van der Waals surface area contributed by atoms with Gasteiger partial charge in [0.2, 0.25) is 0 Å². The highest BCUT2D eigenvalue weighted by Crippen LogP contribution is 2.27. The van der Waals surface area contributed by atoms with Crippen LogP contribution in [0.5, 0.6) is 5.75 Å². The molecule has 0 bridgehead atoms. The summed E-state index contributed by atoms with van der Waals surface area (Å²) in [6.45, 7) is 4.18. The molecule has 0 atom stereocenters. The molecule has 0 unspecified atom stereocenters. The second-order valence-electron chi connectivity index (χ2n) is 6.52. The van der Waals surface area contributed by atoms with Gasteiger partial charge < -0.3 is 13.6 Å². The molecule has 0 saturated carbocycles. The Bertz CT molecular complexity index is 1220. The Morgan fingerprint density at radius 2 is 1.79 bits per heavy atom. The molecule has 0 fully saturated rings. The zero-order chi connectivity index (χ0) is 20.4. The Kier molecular flexibility index (Phi) is 5.60. The summed E-state index contributed by atoms with van der Waals surface area (Å²) >= 11 is 7.21. The Morgan fingerprint density at radius 3 is 2.59 bits per heavy atom. The average molecular weight is 429 g/mol. The Labute approximate surface area is 175 Å². The lowest BCUT2D eigenvalue weighted by atomic mass is 10.0. The molecule has 0 N–H and O–H groups in total. The van der Waals surface area contributed by atoms with Crippen molar-refractivity contribution < 1.29 is 13.6 Å². The second-order valence-corrected chi connectivity index (χ2v) is 7.88. The van der Waals surface area contributed by atoms with Gasteiger partial charge in [-0.25, -0.2) is 4.79 Å². The van der Waals surface area contributed by atoms with E-state index in [9.17, 15) is 4.79 Å². The summed E-state index contributed by atoms with van der Waals surface area (Å²) in [5.74, 6) is 1.53. The van der Waals surface area contributed by atoms with E-state index in [1.54, 1.807) is 24.3 Å². The number of rotatable bonds is 6. The minimum Gasteiger partial charge on any atom is -0.484 e. The standard InChI is InChI=1S/C21H17ClN2O4S/c1-12-7-17-14(9-20(25)27-18(17)8-13(12)2)11-29-21-24-23-19(28-21)10-26-16-5-3-15(22)4-6-16/h3-9H,10-11H2,1-2H3. The highest BCUT2D eigenvalue weighted by molar-refractivity contribution is 7.98. The first-order valence-corrected chi connectivity index (χ1v) is 10.2. The lowest BCUT2D eigenvalue weighted by Crippen LogP contribution is -2.00. The van der Waals surface area contributed by atoms with Gasteiger partial charge in [-0.2, -0.15) is 0 Å². The van der Waals surface area contributed by atoms with Crippen LogP contribution in [0.1, 0.15) is 22.6 Å². The molecule has 0 aliphatic heterocycles. The van der Waals surface area contributed by atoms with Gasteiger partial charge in [-0.1, -0.05) is 23.4 Å². The van der Waals surface area contributed by atoms with E-state index < -0.39 is 0 Å². The molecule has 8 heteroatoms. The summed E-state index contributed by atoms with van der Waals surface area (Å²) in [6.07, 6.45) is 0. The van der Waals surface area contributed by atoms with Gasteiger partial charge in [-0.05, 0) is 66.9 Å². The van der Waals surface area contributed by atoms with Crippen LogP contribution >= 0.6 is 23.4 Å².